The fourth-order valence-electron chi connectivity index (χ4n) is 2.19. The van der Waals surface area contributed by atoms with Crippen LogP contribution in [0.1, 0.15) is 37.7 Å². The summed E-state index contributed by atoms with van der Waals surface area (Å²) in [5, 5.41) is 9.77. The third-order valence-electron chi connectivity index (χ3n) is 2.95. The second kappa shape index (κ2) is 3.31. The molecule has 76 valence electrons. The van der Waals surface area contributed by atoms with Crippen LogP contribution in [-0.2, 0) is 0 Å². The molecule has 0 amide bonds. The standard InChI is InChI=1S/C11H14FNO/c1-11(14)5-4-8(7-11)9-3-2-6-13-10(9)12/h2-3,6,8,14H,4-5,7H2,1H3. The van der Waals surface area contributed by atoms with E-state index in [2.05, 4.69) is 4.98 Å². The predicted octanol–water partition coefficient (Wildman–Crippen LogP) is 2.24. The van der Waals surface area contributed by atoms with Gasteiger partial charge in [-0.1, -0.05) is 6.07 Å². The van der Waals surface area contributed by atoms with E-state index in [9.17, 15) is 9.50 Å². The Morgan fingerprint density at radius 3 is 3.00 bits per heavy atom. The van der Waals surface area contributed by atoms with Gasteiger partial charge in [0.25, 0.3) is 0 Å². The number of aliphatic hydroxyl groups is 1. The van der Waals surface area contributed by atoms with Crippen LogP contribution in [0.15, 0.2) is 18.3 Å². The van der Waals surface area contributed by atoms with E-state index in [1.165, 1.54) is 6.20 Å². The first-order valence-corrected chi connectivity index (χ1v) is 4.91. The highest BCUT2D eigenvalue weighted by Gasteiger charge is 2.34. The Hall–Kier alpha value is -0.960. The summed E-state index contributed by atoms with van der Waals surface area (Å²) in [6, 6.07) is 3.50. The summed E-state index contributed by atoms with van der Waals surface area (Å²) in [7, 11) is 0. The maximum Gasteiger partial charge on any atom is 0.216 e. The van der Waals surface area contributed by atoms with E-state index in [4.69, 9.17) is 0 Å². The normalized spacial score (nSPS) is 32.1. The molecule has 0 radical (unpaired) electrons. The number of hydrogen-bond donors (Lipinski definition) is 1. The lowest BCUT2D eigenvalue weighted by Gasteiger charge is -2.16. The minimum atomic E-state index is -0.632. The van der Waals surface area contributed by atoms with Crippen molar-refractivity contribution in [2.75, 3.05) is 0 Å². The van der Waals surface area contributed by atoms with E-state index >= 15 is 0 Å². The van der Waals surface area contributed by atoms with E-state index in [1.54, 1.807) is 19.1 Å². The first-order chi connectivity index (χ1) is 6.58. The van der Waals surface area contributed by atoms with E-state index in [0.717, 1.165) is 12.8 Å². The fourth-order valence-corrected chi connectivity index (χ4v) is 2.19. The maximum absolute atomic E-state index is 13.3. The second-order valence-electron chi connectivity index (χ2n) is 4.32. The summed E-state index contributed by atoms with van der Waals surface area (Å²) in [6.45, 7) is 1.81. The average molecular weight is 195 g/mol. The van der Waals surface area contributed by atoms with Crippen LogP contribution in [0.3, 0.4) is 0 Å². The third-order valence-corrected chi connectivity index (χ3v) is 2.95. The Bertz CT molecular complexity index is 338. The van der Waals surface area contributed by atoms with Gasteiger partial charge in [0.15, 0.2) is 0 Å². The van der Waals surface area contributed by atoms with Gasteiger partial charge in [0, 0.05) is 11.8 Å². The Kier molecular flexibility index (Phi) is 2.27. The number of hydrogen-bond acceptors (Lipinski definition) is 2. The number of pyridine rings is 1. The molecular weight excluding hydrogens is 181 g/mol. The first kappa shape index (κ1) is 9.59. The highest BCUT2D eigenvalue weighted by molar-refractivity contribution is 5.19. The van der Waals surface area contributed by atoms with Crippen molar-refractivity contribution >= 4 is 0 Å². The van der Waals surface area contributed by atoms with Crippen LogP contribution in [0.25, 0.3) is 0 Å². The second-order valence-corrected chi connectivity index (χ2v) is 4.32. The van der Waals surface area contributed by atoms with Crippen molar-refractivity contribution in [2.24, 2.45) is 0 Å². The maximum atomic E-state index is 13.3. The van der Waals surface area contributed by atoms with Crippen molar-refractivity contribution < 1.29 is 9.50 Å². The first-order valence-electron chi connectivity index (χ1n) is 4.91. The van der Waals surface area contributed by atoms with Crippen molar-refractivity contribution in [3.63, 3.8) is 0 Å². The third kappa shape index (κ3) is 1.77. The Morgan fingerprint density at radius 1 is 1.64 bits per heavy atom. The van der Waals surface area contributed by atoms with Gasteiger partial charge in [-0.15, -0.1) is 0 Å². The quantitative estimate of drug-likeness (QED) is 0.697. The summed E-state index contributed by atoms with van der Waals surface area (Å²) in [6.07, 6.45) is 3.67. The lowest BCUT2D eigenvalue weighted by Crippen LogP contribution is -2.18. The molecule has 0 spiro atoms. The zero-order valence-electron chi connectivity index (χ0n) is 8.20. The van der Waals surface area contributed by atoms with Gasteiger partial charge in [-0.3, -0.25) is 0 Å². The van der Waals surface area contributed by atoms with E-state index in [0.29, 0.717) is 12.0 Å². The van der Waals surface area contributed by atoms with Crippen molar-refractivity contribution in [3.8, 4) is 0 Å². The summed E-state index contributed by atoms with van der Waals surface area (Å²) in [4.78, 5) is 3.62. The monoisotopic (exact) mass is 195 g/mol. The predicted molar refractivity (Wildman–Crippen MR) is 51.4 cm³/mol. The van der Waals surface area contributed by atoms with E-state index < -0.39 is 11.5 Å². The van der Waals surface area contributed by atoms with Gasteiger partial charge in [-0.25, -0.2) is 4.98 Å². The molecule has 0 bridgehead atoms. The number of halogens is 1. The Balaban J connectivity index is 2.22. The summed E-state index contributed by atoms with van der Waals surface area (Å²) in [5.41, 5.74) is 0.0118. The fraction of sp³-hybridized carbons (Fsp3) is 0.545. The summed E-state index contributed by atoms with van der Waals surface area (Å²) >= 11 is 0. The van der Waals surface area contributed by atoms with Crippen LogP contribution < -0.4 is 0 Å². The van der Waals surface area contributed by atoms with Crippen LogP contribution in [0.4, 0.5) is 4.39 Å². The van der Waals surface area contributed by atoms with Gasteiger partial charge in [-0.2, -0.15) is 4.39 Å². The molecule has 1 heterocycles. The molecule has 1 fully saturated rings. The molecule has 2 unspecified atom stereocenters. The molecule has 1 aliphatic carbocycles. The molecule has 2 nitrogen and oxygen atoms in total. The molecular formula is C11H14FNO. The molecule has 14 heavy (non-hydrogen) atoms. The minimum Gasteiger partial charge on any atom is -0.390 e. The van der Waals surface area contributed by atoms with Crippen molar-refractivity contribution in [1.29, 1.82) is 0 Å². The van der Waals surface area contributed by atoms with Gasteiger partial charge in [0.05, 0.1) is 5.60 Å². The molecule has 0 aliphatic heterocycles. The molecule has 1 aromatic heterocycles. The van der Waals surface area contributed by atoms with Gasteiger partial charge >= 0.3 is 0 Å². The average Bonchev–Trinajstić information content (AvgIpc) is 2.47. The lowest BCUT2D eigenvalue weighted by molar-refractivity contribution is 0.0664. The number of nitrogens with zero attached hydrogens (tertiary/aromatic N) is 1. The highest BCUT2D eigenvalue weighted by Crippen LogP contribution is 2.40. The molecule has 3 heteroatoms. The number of rotatable bonds is 1. The highest BCUT2D eigenvalue weighted by atomic mass is 19.1. The van der Waals surface area contributed by atoms with E-state index in [-0.39, 0.29) is 5.92 Å². The molecule has 1 N–H and O–H groups in total. The molecule has 1 aromatic rings. The summed E-state index contributed by atoms with van der Waals surface area (Å²) in [5.74, 6) is -0.270. The molecule has 0 saturated heterocycles. The topological polar surface area (TPSA) is 33.1 Å². The van der Waals surface area contributed by atoms with Gasteiger partial charge in [-0.05, 0) is 38.2 Å². The smallest absolute Gasteiger partial charge is 0.216 e. The van der Waals surface area contributed by atoms with Crippen LogP contribution in [-0.4, -0.2) is 15.7 Å². The minimum absolute atomic E-state index is 0.124. The van der Waals surface area contributed by atoms with Crippen LogP contribution in [0.2, 0.25) is 0 Å². The van der Waals surface area contributed by atoms with Crippen molar-refractivity contribution in [2.45, 2.75) is 37.7 Å². The zero-order valence-corrected chi connectivity index (χ0v) is 8.20. The Labute approximate surface area is 82.8 Å². The van der Waals surface area contributed by atoms with Gasteiger partial charge < -0.3 is 5.11 Å². The van der Waals surface area contributed by atoms with E-state index in [1.807, 2.05) is 0 Å². The summed E-state index contributed by atoms with van der Waals surface area (Å²) < 4.78 is 13.3. The van der Waals surface area contributed by atoms with Gasteiger partial charge in [0.2, 0.25) is 5.95 Å². The number of aromatic nitrogens is 1. The van der Waals surface area contributed by atoms with Crippen molar-refractivity contribution in [1.82, 2.24) is 4.98 Å². The van der Waals surface area contributed by atoms with Crippen LogP contribution in [0.5, 0.6) is 0 Å². The molecule has 1 saturated carbocycles. The largest absolute Gasteiger partial charge is 0.390 e. The molecule has 2 atom stereocenters. The lowest BCUT2D eigenvalue weighted by atomic mass is 9.96. The van der Waals surface area contributed by atoms with Crippen molar-refractivity contribution in [3.05, 3.63) is 29.8 Å². The molecule has 2 rings (SSSR count). The zero-order chi connectivity index (χ0) is 10.2. The SMILES string of the molecule is CC1(O)CCC(c2cccnc2F)C1. The molecule has 1 aliphatic rings. The van der Waals surface area contributed by atoms with Crippen LogP contribution >= 0.6 is 0 Å². The Morgan fingerprint density at radius 2 is 2.43 bits per heavy atom. The van der Waals surface area contributed by atoms with Crippen LogP contribution in [0, 0.1) is 5.95 Å². The molecule has 0 aromatic carbocycles. The van der Waals surface area contributed by atoms with Gasteiger partial charge in [0.1, 0.15) is 0 Å².